The monoisotopic (exact) mass is 403 g/mol. The van der Waals surface area contributed by atoms with Crippen molar-refractivity contribution in [3.05, 3.63) is 34.8 Å². The number of aromatic nitrogens is 1. The zero-order valence-electron chi connectivity index (χ0n) is 15.9. The van der Waals surface area contributed by atoms with E-state index in [-0.39, 0.29) is 31.4 Å². The minimum Gasteiger partial charge on any atom is -0.497 e. The number of nitrogens with zero attached hydrogens (tertiary/aromatic N) is 2. The van der Waals surface area contributed by atoms with Gasteiger partial charge in [0, 0.05) is 18.7 Å². The van der Waals surface area contributed by atoms with Gasteiger partial charge in [-0.25, -0.2) is 9.78 Å². The zero-order chi connectivity index (χ0) is 20.3. The molecule has 1 N–H and O–H groups in total. The number of methoxy groups -OCH3 is 1. The highest BCUT2D eigenvalue weighted by molar-refractivity contribution is 7.17. The van der Waals surface area contributed by atoms with Crippen LogP contribution in [0.4, 0.5) is 10.8 Å². The second-order valence-corrected chi connectivity index (χ2v) is 7.25. The van der Waals surface area contributed by atoms with Gasteiger partial charge in [0.25, 0.3) is 0 Å². The van der Waals surface area contributed by atoms with E-state index in [0.717, 1.165) is 17.0 Å². The molecule has 28 heavy (non-hydrogen) atoms. The number of hydrogen-bond donors (Lipinski definition) is 1. The van der Waals surface area contributed by atoms with E-state index in [0.29, 0.717) is 21.5 Å². The second kappa shape index (κ2) is 8.39. The fraction of sp³-hybridized carbons (Fsp3) is 0.368. The molecule has 0 spiro atoms. The van der Waals surface area contributed by atoms with Crippen molar-refractivity contribution in [2.24, 2.45) is 5.92 Å². The van der Waals surface area contributed by atoms with Crippen LogP contribution in [0.25, 0.3) is 0 Å². The molecule has 0 bridgehead atoms. The van der Waals surface area contributed by atoms with Crippen molar-refractivity contribution in [1.82, 2.24) is 4.98 Å². The smallest absolute Gasteiger partial charge is 0.350 e. The lowest BCUT2D eigenvalue weighted by Gasteiger charge is -2.16. The molecule has 2 heterocycles. The molecule has 1 aromatic heterocycles. The van der Waals surface area contributed by atoms with Crippen molar-refractivity contribution < 1.29 is 23.9 Å². The molecular weight excluding hydrogens is 382 g/mol. The van der Waals surface area contributed by atoms with Crippen LogP contribution in [0.3, 0.4) is 0 Å². The molecule has 1 aliphatic rings. The highest BCUT2D eigenvalue weighted by Crippen LogP contribution is 2.29. The summed E-state index contributed by atoms with van der Waals surface area (Å²) in [7, 11) is 1.57. The number of benzene rings is 1. The standard InChI is InChI=1S/C19H21N3O5S/c1-4-27-18(25)16-11(2)20-19(28-16)21-17(24)12-9-15(23)22(10-12)13-5-7-14(26-3)8-6-13/h5-8,12H,4,9-10H2,1-3H3,(H,20,21,24)/t12-/m1/s1. The summed E-state index contributed by atoms with van der Waals surface area (Å²) in [5, 5.41) is 3.03. The average molecular weight is 403 g/mol. The van der Waals surface area contributed by atoms with Crippen LogP contribution in [0.15, 0.2) is 24.3 Å². The number of thiazole rings is 1. The van der Waals surface area contributed by atoms with Crippen molar-refractivity contribution in [3.63, 3.8) is 0 Å². The van der Waals surface area contributed by atoms with Gasteiger partial charge >= 0.3 is 5.97 Å². The lowest BCUT2D eigenvalue weighted by atomic mass is 10.1. The highest BCUT2D eigenvalue weighted by atomic mass is 32.1. The molecule has 2 amide bonds. The molecular formula is C19H21N3O5S. The molecule has 0 saturated carbocycles. The van der Waals surface area contributed by atoms with Crippen molar-refractivity contribution in [1.29, 1.82) is 0 Å². The normalized spacial score (nSPS) is 16.2. The number of ether oxygens (including phenoxy) is 2. The minimum absolute atomic E-state index is 0.118. The summed E-state index contributed by atoms with van der Waals surface area (Å²) in [6.45, 7) is 3.96. The van der Waals surface area contributed by atoms with E-state index >= 15 is 0 Å². The van der Waals surface area contributed by atoms with Crippen LogP contribution in [-0.2, 0) is 14.3 Å². The number of anilines is 2. The summed E-state index contributed by atoms with van der Waals surface area (Å²) in [5.41, 5.74) is 1.22. The molecule has 9 heteroatoms. The third-order valence-corrected chi connectivity index (χ3v) is 5.42. The van der Waals surface area contributed by atoms with Gasteiger partial charge in [-0.2, -0.15) is 0 Å². The maximum Gasteiger partial charge on any atom is 0.350 e. The van der Waals surface area contributed by atoms with E-state index in [9.17, 15) is 14.4 Å². The van der Waals surface area contributed by atoms with Gasteiger partial charge in [-0.3, -0.25) is 9.59 Å². The number of amides is 2. The summed E-state index contributed by atoms with van der Waals surface area (Å²) in [4.78, 5) is 43.0. The maximum absolute atomic E-state index is 12.6. The Hall–Kier alpha value is -2.94. The Morgan fingerprint density at radius 1 is 1.32 bits per heavy atom. The van der Waals surface area contributed by atoms with Gasteiger partial charge in [-0.15, -0.1) is 0 Å². The molecule has 0 radical (unpaired) electrons. The van der Waals surface area contributed by atoms with E-state index in [1.165, 1.54) is 0 Å². The summed E-state index contributed by atoms with van der Waals surface area (Å²) >= 11 is 1.07. The van der Waals surface area contributed by atoms with Crippen molar-refractivity contribution in [2.75, 3.05) is 30.5 Å². The minimum atomic E-state index is -0.496. The third-order valence-electron chi connectivity index (χ3n) is 4.37. The first-order valence-corrected chi connectivity index (χ1v) is 9.64. The lowest BCUT2D eigenvalue weighted by molar-refractivity contribution is -0.122. The van der Waals surface area contributed by atoms with E-state index in [1.807, 2.05) is 0 Å². The van der Waals surface area contributed by atoms with E-state index < -0.39 is 11.9 Å². The number of carbonyl (C=O) groups is 3. The summed E-state index contributed by atoms with van der Waals surface area (Å²) in [5.74, 6) is -0.674. The topological polar surface area (TPSA) is 97.8 Å². The Labute approximate surface area is 166 Å². The van der Waals surface area contributed by atoms with Crippen molar-refractivity contribution >= 4 is 39.9 Å². The molecule has 0 aliphatic carbocycles. The fourth-order valence-electron chi connectivity index (χ4n) is 2.94. The first-order chi connectivity index (χ1) is 13.4. The number of hydrogen-bond acceptors (Lipinski definition) is 7. The lowest BCUT2D eigenvalue weighted by Crippen LogP contribution is -2.28. The first kappa shape index (κ1) is 19.8. The predicted molar refractivity (Wildman–Crippen MR) is 105 cm³/mol. The summed E-state index contributed by atoms with van der Waals surface area (Å²) in [6.07, 6.45) is 0.118. The van der Waals surface area contributed by atoms with Crippen molar-refractivity contribution in [3.8, 4) is 5.75 Å². The molecule has 0 unspecified atom stereocenters. The molecule has 1 aliphatic heterocycles. The Bertz CT molecular complexity index is 893. The molecule has 2 aromatic rings. The van der Waals surface area contributed by atoms with Crippen LogP contribution in [0, 0.1) is 12.8 Å². The molecule has 8 nitrogen and oxygen atoms in total. The predicted octanol–water partition coefficient (Wildman–Crippen LogP) is 2.63. The Kier molecular flexibility index (Phi) is 5.93. The summed E-state index contributed by atoms with van der Waals surface area (Å²) < 4.78 is 10.1. The van der Waals surface area contributed by atoms with E-state index in [2.05, 4.69) is 10.3 Å². The van der Waals surface area contributed by atoms with E-state index in [1.54, 1.807) is 50.1 Å². The molecule has 1 atom stereocenters. The Balaban J connectivity index is 1.66. The van der Waals surface area contributed by atoms with Crippen LogP contribution in [-0.4, -0.2) is 43.0 Å². The van der Waals surface area contributed by atoms with Gasteiger partial charge in [0.2, 0.25) is 11.8 Å². The number of nitrogens with one attached hydrogen (secondary N) is 1. The number of esters is 1. The zero-order valence-corrected chi connectivity index (χ0v) is 16.7. The average Bonchev–Trinajstić information content (AvgIpc) is 3.24. The van der Waals surface area contributed by atoms with Crippen LogP contribution >= 0.6 is 11.3 Å². The second-order valence-electron chi connectivity index (χ2n) is 6.25. The van der Waals surface area contributed by atoms with Gasteiger partial charge in [-0.1, -0.05) is 11.3 Å². The van der Waals surface area contributed by atoms with Gasteiger partial charge in [-0.05, 0) is 38.1 Å². The van der Waals surface area contributed by atoms with Gasteiger partial charge in [0.05, 0.1) is 25.3 Å². The molecule has 148 valence electrons. The summed E-state index contributed by atoms with van der Waals surface area (Å²) in [6, 6.07) is 7.11. The Morgan fingerprint density at radius 2 is 2.04 bits per heavy atom. The molecule has 1 fully saturated rings. The van der Waals surface area contributed by atoms with Crippen LogP contribution in [0.1, 0.15) is 28.7 Å². The van der Waals surface area contributed by atoms with Crippen LogP contribution < -0.4 is 15.0 Å². The SMILES string of the molecule is CCOC(=O)c1sc(NC(=O)[C@@H]2CC(=O)N(c3ccc(OC)cc3)C2)nc1C. The number of carbonyl (C=O) groups excluding carboxylic acids is 3. The largest absolute Gasteiger partial charge is 0.497 e. The van der Waals surface area contributed by atoms with Crippen molar-refractivity contribution in [2.45, 2.75) is 20.3 Å². The molecule has 1 aromatic carbocycles. The molecule has 1 saturated heterocycles. The number of aryl methyl sites for hydroxylation is 1. The quantitative estimate of drug-likeness (QED) is 0.745. The van der Waals surface area contributed by atoms with Gasteiger partial charge in [0.1, 0.15) is 10.6 Å². The molecule has 3 rings (SSSR count). The third kappa shape index (κ3) is 4.14. The first-order valence-electron chi connectivity index (χ1n) is 8.82. The Morgan fingerprint density at radius 3 is 2.68 bits per heavy atom. The highest BCUT2D eigenvalue weighted by Gasteiger charge is 2.35. The number of rotatable bonds is 6. The van der Waals surface area contributed by atoms with Gasteiger partial charge < -0.3 is 19.7 Å². The maximum atomic E-state index is 12.6. The van der Waals surface area contributed by atoms with Crippen LogP contribution in [0.2, 0.25) is 0 Å². The van der Waals surface area contributed by atoms with Gasteiger partial charge in [0.15, 0.2) is 5.13 Å². The fourth-order valence-corrected chi connectivity index (χ4v) is 3.80. The van der Waals surface area contributed by atoms with Crippen LogP contribution in [0.5, 0.6) is 5.75 Å². The van der Waals surface area contributed by atoms with E-state index in [4.69, 9.17) is 9.47 Å².